The van der Waals surface area contributed by atoms with E-state index in [9.17, 15) is 14.4 Å². The van der Waals surface area contributed by atoms with Crippen LogP contribution in [0.3, 0.4) is 0 Å². The fraction of sp³-hybridized carbons (Fsp3) is 0.227. The molecular formula is C22H21BrN2O6. The van der Waals surface area contributed by atoms with Crippen LogP contribution < -0.4 is 20.1 Å². The largest absolute Gasteiger partial charge is 0.466 e. The van der Waals surface area contributed by atoms with Crippen molar-refractivity contribution in [2.24, 2.45) is 0 Å². The third-order valence-corrected chi connectivity index (χ3v) is 4.75. The maximum atomic E-state index is 12.7. The molecule has 1 aliphatic heterocycles. The fourth-order valence-corrected chi connectivity index (χ4v) is 2.97. The summed E-state index contributed by atoms with van der Waals surface area (Å²) >= 11 is 3.33. The number of carbonyl (C=O) groups excluding carboxylic acids is 3. The Balaban J connectivity index is 1.74. The number of amides is 2. The summed E-state index contributed by atoms with van der Waals surface area (Å²) in [5, 5.41) is 5.38. The lowest BCUT2D eigenvalue weighted by Gasteiger charge is -2.12. The molecule has 162 valence electrons. The first-order valence-corrected chi connectivity index (χ1v) is 10.3. The minimum atomic E-state index is -0.467. The monoisotopic (exact) mass is 488 g/mol. The molecule has 1 heterocycles. The van der Waals surface area contributed by atoms with Gasteiger partial charge >= 0.3 is 5.97 Å². The Hall–Kier alpha value is -3.33. The standard InChI is InChI=1S/C22H21BrN2O6/c1-14(26)29-10-2-9-24-22(28)18(25-21(27)16-4-6-17(23)7-5-16)11-15-3-8-19-20(12-15)31-13-30-19/h3-8,11-12H,2,9-10,13H2,1H3,(H,24,28)(H,25,27)/b18-11+. The topological polar surface area (TPSA) is 103 Å². The minimum absolute atomic E-state index is 0.0688. The molecule has 0 saturated carbocycles. The van der Waals surface area contributed by atoms with Crippen LogP contribution in [-0.2, 0) is 14.3 Å². The Morgan fingerprint density at radius 2 is 1.84 bits per heavy atom. The lowest BCUT2D eigenvalue weighted by molar-refractivity contribution is -0.141. The van der Waals surface area contributed by atoms with Crippen molar-refractivity contribution in [3.63, 3.8) is 0 Å². The van der Waals surface area contributed by atoms with Crippen LogP contribution in [0.4, 0.5) is 0 Å². The van der Waals surface area contributed by atoms with Gasteiger partial charge in [-0.05, 0) is 54.5 Å². The van der Waals surface area contributed by atoms with E-state index in [4.69, 9.17) is 14.2 Å². The average molecular weight is 489 g/mol. The highest BCUT2D eigenvalue weighted by molar-refractivity contribution is 9.10. The molecule has 0 atom stereocenters. The van der Waals surface area contributed by atoms with Gasteiger partial charge in [0.05, 0.1) is 6.61 Å². The van der Waals surface area contributed by atoms with Crippen molar-refractivity contribution in [3.05, 3.63) is 63.8 Å². The third kappa shape index (κ3) is 6.58. The number of ether oxygens (including phenoxy) is 3. The molecule has 0 bridgehead atoms. The fourth-order valence-electron chi connectivity index (χ4n) is 2.71. The van der Waals surface area contributed by atoms with Crippen molar-refractivity contribution in [2.75, 3.05) is 19.9 Å². The van der Waals surface area contributed by atoms with Gasteiger partial charge in [-0.2, -0.15) is 0 Å². The summed E-state index contributed by atoms with van der Waals surface area (Å²) in [5.74, 6) is -0.0846. The first-order chi connectivity index (χ1) is 14.9. The number of carbonyl (C=O) groups is 3. The molecule has 9 heteroatoms. The number of esters is 1. The van der Waals surface area contributed by atoms with E-state index in [-0.39, 0.29) is 31.6 Å². The van der Waals surface area contributed by atoms with E-state index >= 15 is 0 Å². The van der Waals surface area contributed by atoms with E-state index in [1.807, 2.05) is 0 Å². The maximum Gasteiger partial charge on any atom is 0.302 e. The summed E-state index contributed by atoms with van der Waals surface area (Å²) in [6.45, 7) is 1.93. The smallest absolute Gasteiger partial charge is 0.302 e. The van der Waals surface area contributed by atoms with E-state index in [0.717, 1.165) is 4.47 Å². The van der Waals surface area contributed by atoms with Crippen LogP contribution >= 0.6 is 15.9 Å². The molecule has 0 aliphatic carbocycles. The number of nitrogens with one attached hydrogen (secondary N) is 2. The molecule has 0 aromatic heterocycles. The van der Waals surface area contributed by atoms with Crippen LogP contribution in [0, 0.1) is 0 Å². The molecule has 2 amide bonds. The van der Waals surface area contributed by atoms with Crippen molar-refractivity contribution >= 4 is 39.8 Å². The average Bonchev–Trinajstić information content (AvgIpc) is 3.21. The lowest BCUT2D eigenvalue weighted by Crippen LogP contribution is -2.35. The van der Waals surface area contributed by atoms with Crippen LogP contribution in [0.25, 0.3) is 6.08 Å². The molecule has 1 aliphatic rings. The van der Waals surface area contributed by atoms with Crippen LogP contribution in [0.2, 0.25) is 0 Å². The normalized spacial score (nSPS) is 12.3. The van der Waals surface area contributed by atoms with Crippen molar-refractivity contribution < 1.29 is 28.6 Å². The summed E-state index contributed by atoms with van der Waals surface area (Å²) < 4.78 is 16.4. The van der Waals surface area contributed by atoms with Crippen molar-refractivity contribution in [1.82, 2.24) is 10.6 Å². The molecule has 3 rings (SSSR count). The minimum Gasteiger partial charge on any atom is -0.466 e. The van der Waals surface area contributed by atoms with Gasteiger partial charge in [0.15, 0.2) is 11.5 Å². The van der Waals surface area contributed by atoms with Gasteiger partial charge in [0.1, 0.15) is 5.70 Å². The molecule has 0 saturated heterocycles. The van der Waals surface area contributed by atoms with Gasteiger partial charge in [0.2, 0.25) is 6.79 Å². The maximum absolute atomic E-state index is 12.7. The third-order valence-electron chi connectivity index (χ3n) is 4.22. The predicted octanol–water partition coefficient (Wildman–Crippen LogP) is 3.02. The van der Waals surface area contributed by atoms with Gasteiger partial charge in [0.25, 0.3) is 11.8 Å². The molecule has 31 heavy (non-hydrogen) atoms. The number of halogens is 1. The van der Waals surface area contributed by atoms with Crippen molar-refractivity contribution in [2.45, 2.75) is 13.3 Å². The van der Waals surface area contributed by atoms with Gasteiger partial charge in [-0.15, -0.1) is 0 Å². The number of hydrogen-bond donors (Lipinski definition) is 2. The quantitative estimate of drug-likeness (QED) is 0.336. The number of benzene rings is 2. The zero-order chi connectivity index (χ0) is 22.2. The van der Waals surface area contributed by atoms with Gasteiger partial charge in [0, 0.05) is 23.5 Å². The molecule has 0 unspecified atom stereocenters. The second-order valence-electron chi connectivity index (χ2n) is 6.58. The Labute approximate surface area is 187 Å². The highest BCUT2D eigenvalue weighted by atomic mass is 79.9. The van der Waals surface area contributed by atoms with E-state index in [0.29, 0.717) is 29.0 Å². The van der Waals surface area contributed by atoms with Gasteiger partial charge in [-0.25, -0.2) is 0 Å². The molecular weight excluding hydrogens is 468 g/mol. The van der Waals surface area contributed by atoms with Crippen LogP contribution in [0.15, 0.2) is 52.6 Å². The van der Waals surface area contributed by atoms with Crippen molar-refractivity contribution in [3.8, 4) is 11.5 Å². The second kappa shape index (κ2) is 10.6. The molecule has 0 spiro atoms. The number of fused-ring (bicyclic) bond motifs is 1. The van der Waals surface area contributed by atoms with E-state index in [1.54, 1.807) is 48.5 Å². The second-order valence-corrected chi connectivity index (χ2v) is 7.50. The number of rotatable bonds is 8. The highest BCUT2D eigenvalue weighted by Crippen LogP contribution is 2.33. The summed E-state index contributed by atoms with van der Waals surface area (Å²) in [6, 6.07) is 12.0. The summed E-state index contributed by atoms with van der Waals surface area (Å²) in [6.07, 6.45) is 2.00. The van der Waals surface area contributed by atoms with Crippen molar-refractivity contribution in [1.29, 1.82) is 0 Å². The summed E-state index contributed by atoms with van der Waals surface area (Å²) in [5.41, 5.74) is 1.13. The molecule has 2 N–H and O–H groups in total. The molecule has 0 radical (unpaired) electrons. The lowest BCUT2D eigenvalue weighted by atomic mass is 10.1. The van der Waals surface area contributed by atoms with Crippen LogP contribution in [-0.4, -0.2) is 37.7 Å². The SMILES string of the molecule is CC(=O)OCCCNC(=O)/C(=C\c1ccc2c(c1)OCO2)NC(=O)c1ccc(Br)cc1. The van der Waals surface area contributed by atoms with Crippen LogP contribution in [0.1, 0.15) is 29.3 Å². The molecule has 8 nitrogen and oxygen atoms in total. The Kier molecular flexibility index (Phi) is 7.66. The van der Waals surface area contributed by atoms with E-state index in [2.05, 4.69) is 26.6 Å². The number of hydrogen-bond acceptors (Lipinski definition) is 6. The van der Waals surface area contributed by atoms with Crippen LogP contribution in [0.5, 0.6) is 11.5 Å². The molecule has 2 aromatic carbocycles. The molecule has 2 aromatic rings. The van der Waals surface area contributed by atoms with Gasteiger partial charge < -0.3 is 24.8 Å². The highest BCUT2D eigenvalue weighted by Gasteiger charge is 2.17. The first-order valence-electron chi connectivity index (χ1n) is 9.52. The summed E-state index contributed by atoms with van der Waals surface area (Å²) in [4.78, 5) is 36.2. The van der Waals surface area contributed by atoms with Gasteiger partial charge in [-0.3, -0.25) is 14.4 Å². The van der Waals surface area contributed by atoms with E-state index < -0.39 is 11.8 Å². The Morgan fingerprint density at radius 3 is 2.58 bits per heavy atom. The Bertz CT molecular complexity index is 1000. The summed E-state index contributed by atoms with van der Waals surface area (Å²) in [7, 11) is 0. The predicted molar refractivity (Wildman–Crippen MR) is 116 cm³/mol. The first kappa shape index (κ1) is 22.4. The molecule has 0 fully saturated rings. The Morgan fingerprint density at radius 1 is 1.10 bits per heavy atom. The zero-order valence-corrected chi connectivity index (χ0v) is 18.4. The van der Waals surface area contributed by atoms with E-state index in [1.165, 1.54) is 6.92 Å². The zero-order valence-electron chi connectivity index (χ0n) is 16.8. The van der Waals surface area contributed by atoms with Gasteiger partial charge in [-0.1, -0.05) is 22.0 Å².